The van der Waals surface area contributed by atoms with Crippen LogP contribution < -0.4 is 5.32 Å². The van der Waals surface area contributed by atoms with Gasteiger partial charge in [-0.25, -0.2) is 0 Å². The summed E-state index contributed by atoms with van der Waals surface area (Å²) < 4.78 is 0. The predicted octanol–water partition coefficient (Wildman–Crippen LogP) is 2.87. The lowest BCUT2D eigenvalue weighted by Gasteiger charge is -2.30. The Labute approximate surface area is 100 Å². The molecule has 94 valence electrons. The molecule has 1 aliphatic carbocycles. The van der Waals surface area contributed by atoms with Crippen molar-refractivity contribution < 1.29 is 5.11 Å². The molecule has 16 heavy (non-hydrogen) atoms. The van der Waals surface area contributed by atoms with E-state index in [9.17, 15) is 5.11 Å². The van der Waals surface area contributed by atoms with Crippen LogP contribution in [0.4, 0.5) is 0 Å². The quantitative estimate of drug-likeness (QED) is 0.681. The highest BCUT2D eigenvalue weighted by atomic mass is 16.3. The first-order chi connectivity index (χ1) is 7.63. The first-order valence-corrected chi connectivity index (χ1v) is 6.70. The molecule has 0 aromatic carbocycles. The van der Waals surface area contributed by atoms with Crippen molar-refractivity contribution in [2.45, 2.75) is 70.6 Å². The van der Waals surface area contributed by atoms with Crippen LogP contribution in [-0.4, -0.2) is 23.3 Å². The Balaban J connectivity index is 2.44. The van der Waals surface area contributed by atoms with E-state index in [1.54, 1.807) is 6.08 Å². The Kier molecular flexibility index (Phi) is 6.07. The van der Waals surface area contributed by atoms with Crippen molar-refractivity contribution in [1.82, 2.24) is 5.32 Å². The van der Waals surface area contributed by atoms with Crippen molar-refractivity contribution in [3.63, 3.8) is 0 Å². The van der Waals surface area contributed by atoms with Gasteiger partial charge < -0.3 is 10.4 Å². The second-order valence-corrected chi connectivity index (χ2v) is 5.39. The third kappa shape index (κ3) is 4.67. The first kappa shape index (κ1) is 13.7. The maximum Gasteiger partial charge on any atom is 0.0871 e. The molecule has 0 amide bonds. The summed E-state index contributed by atoms with van der Waals surface area (Å²) in [4.78, 5) is 0. The second kappa shape index (κ2) is 7.08. The third-order valence-electron chi connectivity index (χ3n) is 3.51. The van der Waals surface area contributed by atoms with Gasteiger partial charge in [0.2, 0.25) is 0 Å². The van der Waals surface area contributed by atoms with Gasteiger partial charge in [-0.3, -0.25) is 0 Å². The van der Waals surface area contributed by atoms with Crippen molar-refractivity contribution in [2.24, 2.45) is 5.92 Å². The van der Waals surface area contributed by atoms with Crippen LogP contribution in [0.15, 0.2) is 12.7 Å². The average molecular weight is 225 g/mol. The van der Waals surface area contributed by atoms with E-state index in [4.69, 9.17) is 0 Å². The van der Waals surface area contributed by atoms with Crippen LogP contribution in [0.1, 0.15) is 52.4 Å². The molecule has 2 nitrogen and oxygen atoms in total. The van der Waals surface area contributed by atoms with Gasteiger partial charge in [-0.1, -0.05) is 52.0 Å². The molecular weight excluding hydrogens is 198 g/mol. The molecule has 0 radical (unpaired) electrons. The van der Waals surface area contributed by atoms with Gasteiger partial charge in [0.1, 0.15) is 0 Å². The average Bonchev–Trinajstić information content (AvgIpc) is 2.28. The van der Waals surface area contributed by atoms with Crippen LogP contribution in [0.5, 0.6) is 0 Å². The standard InChI is InChI=1S/C14H27NO/c1-4-14(16)13(15-11(2)3)10-12-8-6-5-7-9-12/h4,11-16H,1,5-10H2,2-3H3. The molecule has 1 aliphatic rings. The van der Waals surface area contributed by atoms with E-state index in [1.165, 1.54) is 32.1 Å². The first-order valence-electron chi connectivity index (χ1n) is 6.70. The van der Waals surface area contributed by atoms with Crippen molar-refractivity contribution >= 4 is 0 Å². The maximum absolute atomic E-state index is 9.92. The number of nitrogens with one attached hydrogen (secondary N) is 1. The molecular formula is C14H27NO. The molecule has 1 rings (SSSR count). The van der Waals surface area contributed by atoms with E-state index in [-0.39, 0.29) is 6.04 Å². The third-order valence-corrected chi connectivity index (χ3v) is 3.51. The molecule has 1 fully saturated rings. The summed E-state index contributed by atoms with van der Waals surface area (Å²) in [5.74, 6) is 0.791. The van der Waals surface area contributed by atoms with Crippen LogP contribution in [0, 0.1) is 5.92 Å². The highest BCUT2D eigenvalue weighted by Crippen LogP contribution is 2.28. The van der Waals surface area contributed by atoms with Crippen molar-refractivity contribution in [2.75, 3.05) is 0 Å². The van der Waals surface area contributed by atoms with Crippen LogP contribution >= 0.6 is 0 Å². The van der Waals surface area contributed by atoms with Crippen molar-refractivity contribution in [3.05, 3.63) is 12.7 Å². The van der Waals surface area contributed by atoms with Gasteiger partial charge in [0.25, 0.3) is 0 Å². The number of aliphatic hydroxyl groups excluding tert-OH is 1. The fourth-order valence-corrected chi connectivity index (χ4v) is 2.68. The van der Waals surface area contributed by atoms with Crippen LogP contribution in [-0.2, 0) is 0 Å². The summed E-state index contributed by atoms with van der Waals surface area (Å²) in [6.45, 7) is 7.95. The van der Waals surface area contributed by atoms with E-state index >= 15 is 0 Å². The molecule has 2 atom stereocenters. The Morgan fingerprint density at radius 2 is 1.94 bits per heavy atom. The molecule has 0 saturated heterocycles. The fourth-order valence-electron chi connectivity index (χ4n) is 2.68. The summed E-state index contributed by atoms with van der Waals surface area (Å²) in [5.41, 5.74) is 0. The zero-order valence-corrected chi connectivity index (χ0v) is 10.8. The Bertz CT molecular complexity index is 197. The fraction of sp³-hybridized carbons (Fsp3) is 0.857. The number of hydrogen-bond donors (Lipinski definition) is 2. The smallest absolute Gasteiger partial charge is 0.0871 e. The number of aliphatic hydroxyl groups is 1. The maximum atomic E-state index is 9.92. The highest BCUT2D eigenvalue weighted by Gasteiger charge is 2.23. The lowest BCUT2D eigenvalue weighted by Crippen LogP contribution is -2.44. The Morgan fingerprint density at radius 1 is 1.31 bits per heavy atom. The molecule has 0 aromatic heterocycles. The van der Waals surface area contributed by atoms with E-state index in [2.05, 4.69) is 25.7 Å². The molecule has 2 unspecified atom stereocenters. The minimum atomic E-state index is -0.413. The van der Waals surface area contributed by atoms with Gasteiger partial charge in [-0.15, -0.1) is 6.58 Å². The summed E-state index contributed by atoms with van der Waals surface area (Å²) in [6.07, 6.45) is 9.12. The summed E-state index contributed by atoms with van der Waals surface area (Å²) >= 11 is 0. The molecule has 1 saturated carbocycles. The Hall–Kier alpha value is -0.340. The van der Waals surface area contributed by atoms with E-state index in [0.29, 0.717) is 6.04 Å². The zero-order chi connectivity index (χ0) is 12.0. The number of hydrogen-bond acceptors (Lipinski definition) is 2. The largest absolute Gasteiger partial charge is 0.387 e. The van der Waals surface area contributed by atoms with Gasteiger partial charge in [-0.2, -0.15) is 0 Å². The van der Waals surface area contributed by atoms with E-state index in [1.807, 2.05) is 0 Å². The molecule has 2 heteroatoms. The molecule has 0 heterocycles. The molecule has 2 N–H and O–H groups in total. The summed E-state index contributed by atoms with van der Waals surface area (Å²) in [5, 5.41) is 13.4. The monoisotopic (exact) mass is 225 g/mol. The second-order valence-electron chi connectivity index (χ2n) is 5.39. The number of rotatable bonds is 6. The minimum Gasteiger partial charge on any atom is -0.387 e. The van der Waals surface area contributed by atoms with Crippen molar-refractivity contribution in [3.8, 4) is 0 Å². The minimum absolute atomic E-state index is 0.181. The van der Waals surface area contributed by atoms with Crippen LogP contribution in [0.25, 0.3) is 0 Å². The highest BCUT2D eigenvalue weighted by molar-refractivity contribution is 4.91. The zero-order valence-electron chi connectivity index (χ0n) is 10.8. The van der Waals surface area contributed by atoms with E-state index < -0.39 is 6.10 Å². The summed E-state index contributed by atoms with van der Waals surface area (Å²) in [7, 11) is 0. The molecule has 0 aliphatic heterocycles. The van der Waals surface area contributed by atoms with E-state index in [0.717, 1.165) is 12.3 Å². The summed E-state index contributed by atoms with van der Waals surface area (Å²) in [6, 6.07) is 0.601. The lowest BCUT2D eigenvalue weighted by atomic mass is 9.83. The normalized spacial score (nSPS) is 22.0. The SMILES string of the molecule is C=CC(O)C(CC1CCCCC1)NC(C)C. The molecule has 0 bridgehead atoms. The predicted molar refractivity (Wildman–Crippen MR) is 69.5 cm³/mol. The van der Waals surface area contributed by atoms with Crippen molar-refractivity contribution in [1.29, 1.82) is 0 Å². The van der Waals surface area contributed by atoms with Gasteiger partial charge in [0, 0.05) is 12.1 Å². The van der Waals surface area contributed by atoms with Gasteiger partial charge >= 0.3 is 0 Å². The molecule has 0 spiro atoms. The van der Waals surface area contributed by atoms with Crippen LogP contribution in [0.2, 0.25) is 0 Å². The van der Waals surface area contributed by atoms with Gasteiger partial charge in [0.15, 0.2) is 0 Å². The van der Waals surface area contributed by atoms with Crippen LogP contribution in [0.3, 0.4) is 0 Å². The van der Waals surface area contributed by atoms with Gasteiger partial charge in [-0.05, 0) is 12.3 Å². The Morgan fingerprint density at radius 3 is 2.44 bits per heavy atom. The lowest BCUT2D eigenvalue weighted by molar-refractivity contribution is 0.141. The molecule has 0 aromatic rings. The topological polar surface area (TPSA) is 32.3 Å². The van der Waals surface area contributed by atoms with Gasteiger partial charge in [0.05, 0.1) is 6.10 Å².